The van der Waals surface area contributed by atoms with E-state index in [2.05, 4.69) is 23.1 Å². The van der Waals surface area contributed by atoms with Gasteiger partial charge in [0.25, 0.3) is 5.91 Å². The number of carbonyl (C=O) groups excluding carboxylic acids is 3. The minimum Gasteiger partial charge on any atom is -0.469 e. The number of methoxy groups -OCH3 is 1. The van der Waals surface area contributed by atoms with E-state index in [1.54, 1.807) is 0 Å². The number of likely N-dealkylation sites (N-methyl/N-ethyl adjacent to an activating group) is 1. The van der Waals surface area contributed by atoms with Gasteiger partial charge in [0.05, 0.1) is 33.4 Å². The van der Waals surface area contributed by atoms with Gasteiger partial charge in [-0.2, -0.15) is 0 Å². The Morgan fingerprint density at radius 1 is 1.00 bits per heavy atom. The standard InChI is InChI=1S/C27H50N2O6.CH4.CH3/c1-6-7-14-17-24(28-26(32)22-29(3,4)20-21-35-23(2)30)25(31)18-15-12-10-8-9-11-13-16-19-27(33)34-5;;/h12,15,24-25,31H,6-11,13-14,16-22H2,1-5H3;1H4;1H3/q;;-1/p+1. The normalized spacial score (nSPS) is 12.7. The molecule has 0 aromatic rings. The van der Waals surface area contributed by atoms with Gasteiger partial charge in [-0.1, -0.05) is 65.0 Å². The van der Waals surface area contributed by atoms with Crippen molar-refractivity contribution in [3.63, 3.8) is 0 Å². The molecule has 0 aromatic heterocycles. The van der Waals surface area contributed by atoms with E-state index in [-0.39, 0.29) is 51.9 Å². The van der Waals surface area contributed by atoms with Gasteiger partial charge in [-0.25, -0.2) is 0 Å². The zero-order chi connectivity index (χ0) is 26.5. The average molecular weight is 531 g/mol. The smallest absolute Gasteiger partial charge is 0.305 e. The van der Waals surface area contributed by atoms with Gasteiger partial charge in [-0.15, -0.1) is 0 Å². The second-order valence-corrected chi connectivity index (χ2v) is 9.98. The van der Waals surface area contributed by atoms with Crippen LogP contribution in [0.5, 0.6) is 0 Å². The molecule has 0 aliphatic heterocycles. The monoisotopic (exact) mass is 530 g/mol. The Morgan fingerprint density at radius 3 is 2.27 bits per heavy atom. The molecule has 2 unspecified atom stereocenters. The molecule has 220 valence electrons. The molecule has 37 heavy (non-hydrogen) atoms. The van der Waals surface area contributed by atoms with Crippen LogP contribution in [-0.4, -0.2) is 80.5 Å². The number of amides is 1. The van der Waals surface area contributed by atoms with Crippen LogP contribution < -0.4 is 5.32 Å². The lowest BCUT2D eigenvalue weighted by Gasteiger charge is -2.30. The van der Waals surface area contributed by atoms with Gasteiger partial charge < -0.3 is 31.8 Å². The second kappa shape index (κ2) is 24.4. The first-order valence-corrected chi connectivity index (χ1v) is 13.3. The van der Waals surface area contributed by atoms with Crippen LogP contribution in [-0.2, 0) is 23.9 Å². The van der Waals surface area contributed by atoms with E-state index in [0.29, 0.717) is 23.9 Å². The number of hydrogen-bond donors (Lipinski definition) is 2. The number of quaternary nitrogens is 1. The first-order valence-electron chi connectivity index (χ1n) is 13.3. The largest absolute Gasteiger partial charge is 0.469 e. The Hall–Kier alpha value is -1.93. The van der Waals surface area contributed by atoms with Gasteiger partial charge in [0.2, 0.25) is 0 Å². The van der Waals surface area contributed by atoms with Gasteiger partial charge in [-0.3, -0.25) is 14.4 Å². The van der Waals surface area contributed by atoms with E-state index < -0.39 is 6.10 Å². The zero-order valence-corrected chi connectivity index (χ0v) is 23.9. The molecule has 0 aromatic carbocycles. The summed E-state index contributed by atoms with van der Waals surface area (Å²) in [6, 6.07) is -0.276. The maximum atomic E-state index is 12.7. The number of esters is 2. The fraction of sp³-hybridized carbons (Fsp3) is 0.793. The highest BCUT2D eigenvalue weighted by atomic mass is 16.5. The summed E-state index contributed by atoms with van der Waals surface area (Å²) in [7, 11) is 5.27. The van der Waals surface area contributed by atoms with Crippen LogP contribution in [0.1, 0.15) is 98.3 Å². The van der Waals surface area contributed by atoms with E-state index in [9.17, 15) is 19.5 Å². The molecule has 0 aliphatic carbocycles. The van der Waals surface area contributed by atoms with Crippen molar-refractivity contribution in [1.82, 2.24) is 5.32 Å². The number of aliphatic hydroxyl groups excluding tert-OH is 1. The van der Waals surface area contributed by atoms with E-state index in [1.165, 1.54) is 14.0 Å². The van der Waals surface area contributed by atoms with Crippen LogP contribution in [0.15, 0.2) is 12.2 Å². The summed E-state index contributed by atoms with van der Waals surface area (Å²) in [5.41, 5.74) is 0. The highest BCUT2D eigenvalue weighted by molar-refractivity contribution is 5.77. The Labute approximate surface area is 227 Å². The molecular weight excluding hydrogens is 472 g/mol. The lowest BCUT2D eigenvalue weighted by molar-refractivity contribution is -0.882. The number of allylic oxidation sites excluding steroid dienone is 1. The number of hydrogen-bond acceptors (Lipinski definition) is 6. The van der Waals surface area contributed by atoms with Crippen LogP contribution in [0.25, 0.3) is 0 Å². The molecule has 0 heterocycles. The predicted molar refractivity (Wildman–Crippen MR) is 152 cm³/mol. The van der Waals surface area contributed by atoms with E-state index in [0.717, 1.165) is 64.2 Å². The van der Waals surface area contributed by atoms with Crippen LogP contribution in [0, 0.1) is 7.43 Å². The van der Waals surface area contributed by atoms with Crippen LogP contribution >= 0.6 is 0 Å². The number of nitrogens with zero attached hydrogens (tertiary/aromatic N) is 1. The molecule has 0 spiro atoms. The highest BCUT2D eigenvalue weighted by Crippen LogP contribution is 2.12. The molecule has 2 atom stereocenters. The first-order chi connectivity index (χ1) is 16.6. The molecule has 8 nitrogen and oxygen atoms in total. The number of aliphatic hydroxyl groups is 1. The predicted octanol–water partition coefficient (Wildman–Crippen LogP) is 4.99. The molecule has 0 bridgehead atoms. The first kappa shape index (κ1) is 39.6. The summed E-state index contributed by atoms with van der Waals surface area (Å²) in [5, 5.41) is 13.8. The fourth-order valence-corrected chi connectivity index (χ4v) is 3.81. The third-order valence-corrected chi connectivity index (χ3v) is 6.03. The highest BCUT2D eigenvalue weighted by Gasteiger charge is 2.25. The third kappa shape index (κ3) is 24.2. The molecule has 0 saturated carbocycles. The molecule has 0 radical (unpaired) electrons. The Bertz CT molecular complexity index is 622. The number of nitrogens with one attached hydrogen (secondary N) is 1. The molecule has 2 N–H and O–H groups in total. The quantitative estimate of drug-likeness (QED) is 0.0713. The summed E-state index contributed by atoms with van der Waals surface area (Å²) >= 11 is 0. The van der Waals surface area contributed by atoms with Gasteiger partial charge in [0.1, 0.15) is 13.2 Å². The molecular formula is C29H58N2O6. The van der Waals surface area contributed by atoms with Crippen LogP contribution in [0.4, 0.5) is 0 Å². The minimum absolute atomic E-state index is 0. The van der Waals surface area contributed by atoms with Gasteiger partial charge >= 0.3 is 11.9 Å². The maximum absolute atomic E-state index is 12.7. The number of ether oxygens (including phenoxy) is 2. The molecule has 8 heteroatoms. The van der Waals surface area contributed by atoms with Crippen molar-refractivity contribution in [3.8, 4) is 0 Å². The number of unbranched alkanes of at least 4 members (excludes halogenated alkanes) is 7. The average Bonchev–Trinajstić information content (AvgIpc) is 2.78. The number of rotatable bonds is 21. The van der Waals surface area contributed by atoms with Crippen LogP contribution in [0.3, 0.4) is 0 Å². The molecule has 0 aliphatic rings. The van der Waals surface area contributed by atoms with Gasteiger partial charge in [0, 0.05) is 13.3 Å². The maximum Gasteiger partial charge on any atom is 0.305 e. The van der Waals surface area contributed by atoms with E-state index >= 15 is 0 Å². The van der Waals surface area contributed by atoms with Crippen molar-refractivity contribution in [2.45, 2.75) is 110 Å². The van der Waals surface area contributed by atoms with E-state index in [4.69, 9.17) is 4.74 Å². The summed E-state index contributed by atoms with van der Waals surface area (Å²) in [4.78, 5) is 34.7. The molecule has 0 saturated heterocycles. The number of carbonyl (C=O) groups is 3. The lowest BCUT2D eigenvalue weighted by atomic mass is 10.00. The summed E-state index contributed by atoms with van der Waals surface area (Å²) in [6.45, 7) is 4.59. The minimum atomic E-state index is -0.623. The van der Waals surface area contributed by atoms with E-state index in [1.807, 2.05) is 20.2 Å². The van der Waals surface area contributed by atoms with Gasteiger partial charge in [-0.05, 0) is 32.1 Å². The Morgan fingerprint density at radius 2 is 1.65 bits per heavy atom. The van der Waals surface area contributed by atoms with Crippen molar-refractivity contribution in [3.05, 3.63) is 19.6 Å². The van der Waals surface area contributed by atoms with Crippen LogP contribution in [0.2, 0.25) is 0 Å². The summed E-state index contributed by atoms with van der Waals surface area (Å²) < 4.78 is 10.0. The van der Waals surface area contributed by atoms with Crippen molar-refractivity contribution < 1.29 is 33.4 Å². The van der Waals surface area contributed by atoms with Gasteiger partial charge in [0.15, 0.2) is 6.54 Å². The summed E-state index contributed by atoms with van der Waals surface area (Å²) in [6.07, 6.45) is 14.6. The topological polar surface area (TPSA) is 102 Å². The Kier molecular flexibility index (Phi) is 26.1. The molecule has 0 fully saturated rings. The van der Waals surface area contributed by atoms with Crippen molar-refractivity contribution in [2.24, 2.45) is 0 Å². The molecule has 0 rings (SSSR count). The van der Waals surface area contributed by atoms with Crippen molar-refractivity contribution in [2.75, 3.05) is 40.9 Å². The fourth-order valence-electron chi connectivity index (χ4n) is 3.81. The summed E-state index contributed by atoms with van der Waals surface area (Å²) in [5.74, 6) is -0.565. The lowest BCUT2D eigenvalue weighted by Crippen LogP contribution is -2.52. The SMILES string of the molecule is C.CCCCCC(NC(=O)C[N+](C)(C)CCOC(C)=O)C(O)CC=CCCCCCCCC(=O)OC.[CH3-]. The third-order valence-electron chi connectivity index (χ3n) is 6.03. The Balaban J connectivity index is -0.00000578. The molecule has 1 amide bonds. The second-order valence-electron chi connectivity index (χ2n) is 9.98. The zero-order valence-electron chi connectivity index (χ0n) is 23.9. The van der Waals surface area contributed by atoms with Crippen molar-refractivity contribution in [1.29, 1.82) is 0 Å². The van der Waals surface area contributed by atoms with Crippen molar-refractivity contribution >= 4 is 17.8 Å².